The quantitative estimate of drug-likeness (QED) is 0.806. The van der Waals surface area contributed by atoms with Crippen LogP contribution in [0.25, 0.3) is 0 Å². The lowest BCUT2D eigenvalue weighted by Crippen LogP contribution is -2.61. The van der Waals surface area contributed by atoms with Gasteiger partial charge in [-0.3, -0.25) is 4.79 Å². The Morgan fingerprint density at radius 3 is 2.71 bits per heavy atom. The van der Waals surface area contributed by atoms with E-state index in [1.165, 1.54) is 0 Å². The number of carbonyl (C=O) groups excluding carboxylic acids is 1. The molecule has 0 bridgehead atoms. The molecule has 21 heavy (non-hydrogen) atoms. The Morgan fingerprint density at radius 1 is 1.33 bits per heavy atom. The summed E-state index contributed by atoms with van der Waals surface area (Å²) in [6.07, 6.45) is 2.22. The predicted octanol–water partition coefficient (Wildman–Crippen LogP) is 3.38. The average molecular weight is 288 g/mol. The summed E-state index contributed by atoms with van der Waals surface area (Å²) >= 11 is 0. The van der Waals surface area contributed by atoms with Gasteiger partial charge in [0.25, 0.3) is 0 Å². The third-order valence-corrected chi connectivity index (χ3v) is 5.81. The highest BCUT2D eigenvalue weighted by molar-refractivity contribution is 5.94. The third kappa shape index (κ3) is 1.94. The van der Waals surface area contributed by atoms with E-state index in [4.69, 9.17) is 4.74 Å². The number of ketones is 1. The molecule has 1 aromatic rings. The first-order chi connectivity index (χ1) is 9.78. The average Bonchev–Trinajstić information content (AvgIpc) is 2.82. The summed E-state index contributed by atoms with van der Waals surface area (Å²) in [5.74, 6) is 1.33. The van der Waals surface area contributed by atoms with Crippen molar-refractivity contribution in [3.63, 3.8) is 0 Å². The van der Waals surface area contributed by atoms with Crippen molar-refractivity contribution in [3.05, 3.63) is 29.3 Å². The molecule has 3 rings (SSSR count). The van der Waals surface area contributed by atoms with E-state index in [0.717, 1.165) is 36.1 Å². The third-order valence-electron chi connectivity index (χ3n) is 5.81. The normalized spacial score (nSPS) is 33.6. The highest BCUT2D eigenvalue weighted by Crippen LogP contribution is 2.55. The van der Waals surface area contributed by atoms with Crippen molar-refractivity contribution < 1.29 is 14.6 Å². The Labute approximate surface area is 126 Å². The molecule has 0 unspecified atom stereocenters. The molecule has 1 N–H and O–H groups in total. The second-order valence-corrected chi connectivity index (χ2v) is 7.26. The van der Waals surface area contributed by atoms with Gasteiger partial charge in [0, 0.05) is 17.4 Å². The summed E-state index contributed by atoms with van der Waals surface area (Å²) in [4.78, 5) is 11.6. The van der Waals surface area contributed by atoms with Gasteiger partial charge in [-0.1, -0.05) is 20.8 Å². The van der Waals surface area contributed by atoms with Crippen LogP contribution in [0, 0.1) is 11.3 Å². The standard InChI is InChI=1S/C18H24O3/c1-11-5-8-16(20)17(3,4)18(11)10-14-9-13(12(2)19)6-7-15(14)21-18/h6-7,9,11,16,20H,5,8,10H2,1-4H3/t11-,16+,18+/m0/s1. The van der Waals surface area contributed by atoms with Gasteiger partial charge in [-0.2, -0.15) is 0 Å². The summed E-state index contributed by atoms with van der Waals surface area (Å²) in [7, 11) is 0. The maximum atomic E-state index is 11.6. The summed E-state index contributed by atoms with van der Waals surface area (Å²) < 4.78 is 6.40. The summed E-state index contributed by atoms with van der Waals surface area (Å²) in [6.45, 7) is 8.01. The van der Waals surface area contributed by atoms with Crippen molar-refractivity contribution in [1.82, 2.24) is 0 Å². The van der Waals surface area contributed by atoms with Crippen LogP contribution < -0.4 is 4.74 Å². The fourth-order valence-electron chi connectivity index (χ4n) is 4.10. The van der Waals surface area contributed by atoms with Crippen LogP contribution in [0.4, 0.5) is 0 Å². The number of fused-ring (bicyclic) bond motifs is 1. The second-order valence-electron chi connectivity index (χ2n) is 7.26. The summed E-state index contributed by atoms with van der Waals surface area (Å²) in [6, 6.07) is 5.69. The molecule has 1 aromatic carbocycles. The fraction of sp³-hybridized carbons (Fsp3) is 0.611. The molecule has 3 atom stereocenters. The number of rotatable bonds is 1. The number of carbonyl (C=O) groups is 1. The lowest BCUT2D eigenvalue weighted by atomic mass is 9.58. The molecule has 0 aromatic heterocycles. The minimum atomic E-state index is -0.373. The van der Waals surface area contributed by atoms with Crippen LogP contribution in [0.3, 0.4) is 0 Å². The first-order valence-electron chi connectivity index (χ1n) is 7.79. The number of benzene rings is 1. The summed E-state index contributed by atoms with van der Waals surface area (Å²) in [5, 5.41) is 10.5. The maximum absolute atomic E-state index is 11.6. The largest absolute Gasteiger partial charge is 0.486 e. The minimum Gasteiger partial charge on any atom is -0.486 e. The van der Waals surface area contributed by atoms with Gasteiger partial charge < -0.3 is 9.84 Å². The van der Waals surface area contributed by atoms with Crippen LogP contribution in [0.1, 0.15) is 56.5 Å². The number of Topliss-reactive ketones (excluding diaryl/α,β-unsaturated/α-hetero) is 1. The van der Waals surface area contributed by atoms with Crippen LogP contribution in [-0.4, -0.2) is 22.6 Å². The van der Waals surface area contributed by atoms with E-state index in [9.17, 15) is 9.90 Å². The van der Waals surface area contributed by atoms with Gasteiger partial charge in [0.05, 0.1) is 6.10 Å². The zero-order chi connectivity index (χ0) is 15.4. The summed E-state index contributed by atoms with van der Waals surface area (Å²) in [5.41, 5.74) is 1.15. The van der Waals surface area contributed by atoms with Crippen LogP contribution in [-0.2, 0) is 6.42 Å². The fourth-order valence-corrected chi connectivity index (χ4v) is 4.10. The lowest BCUT2D eigenvalue weighted by molar-refractivity contribution is -0.156. The topological polar surface area (TPSA) is 46.5 Å². The van der Waals surface area contributed by atoms with Crippen molar-refractivity contribution >= 4 is 5.78 Å². The number of hydrogen-bond donors (Lipinski definition) is 1. The molecule has 3 nitrogen and oxygen atoms in total. The minimum absolute atomic E-state index is 0.0785. The van der Waals surface area contributed by atoms with Crippen molar-refractivity contribution in [3.8, 4) is 5.75 Å². The van der Waals surface area contributed by atoms with Gasteiger partial charge in [0.2, 0.25) is 0 Å². The van der Waals surface area contributed by atoms with E-state index < -0.39 is 0 Å². The lowest BCUT2D eigenvalue weighted by Gasteiger charge is -2.53. The Hall–Kier alpha value is -1.35. The molecule has 1 aliphatic heterocycles. The van der Waals surface area contributed by atoms with E-state index in [0.29, 0.717) is 5.92 Å². The highest BCUT2D eigenvalue weighted by Gasteiger charge is 2.59. The van der Waals surface area contributed by atoms with E-state index in [-0.39, 0.29) is 22.9 Å². The number of hydrogen-bond acceptors (Lipinski definition) is 3. The first-order valence-corrected chi connectivity index (χ1v) is 7.79. The van der Waals surface area contributed by atoms with E-state index in [1.54, 1.807) is 6.92 Å². The van der Waals surface area contributed by atoms with E-state index in [1.807, 2.05) is 18.2 Å². The number of aliphatic hydroxyl groups excluding tert-OH is 1. The molecule has 0 saturated heterocycles. The van der Waals surface area contributed by atoms with Gasteiger partial charge >= 0.3 is 0 Å². The van der Waals surface area contributed by atoms with Crippen molar-refractivity contribution in [1.29, 1.82) is 0 Å². The molecule has 114 valence electrons. The van der Waals surface area contributed by atoms with Gasteiger partial charge in [-0.05, 0) is 49.4 Å². The zero-order valence-electron chi connectivity index (χ0n) is 13.3. The van der Waals surface area contributed by atoms with Gasteiger partial charge in [0.15, 0.2) is 5.78 Å². The molecule has 0 radical (unpaired) electrons. The van der Waals surface area contributed by atoms with Crippen molar-refractivity contribution in [2.24, 2.45) is 11.3 Å². The molecule has 1 aliphatic carbocycles. The van der Waals surface area contributed by atoms with Crippen LogP contribution in [0.15, 0.2) is 18.2 Å². The molecule has 0 amide bonds. The van der Waals surface area contributed by atoms with Crippen LogP contribution >= 0.6 is 0 Å². The smallest absolute Gasteiger partial charge is 0.159 e. The molecular formula is C18H24O3. The highest BCUT2D eigenvalue weighted by atomic mass is 16.5. The maximum Gasteiger partial charge on any atom is 0.159 e. The SMILES string of the molecule is CC(=O)c1ccc2c(c1)C[C@@]1(O2)[C@@H](C)CC[C@@H](O)C1(C)C. The number of aliphatic hydroxyl groups is 1. The molecular weight excluding hydrogens is 264 g/mol. The molecule has 2 aliphatic rings. The van der Waals surface area contributed by atoms with E-state index in [2.05, 4.69) is 20.8 Å². The van der Waals surface area contributed by atoms with Crippen LogP contribution in [0.5, 0.6) is 5.75 Å². The van der Waals surface area contributed by atoms with Gasteiger partial charge in [-0.25, -0.2) is 0 Å². The van der Waals surface area contributed by atoms with Crippen LogP contribution in [0.2, 0.25) is 0 Å². The molecule has 1 fully saturated rings. The Bertz CT molecular complexity index is 590. The Kier molecular flexibility index (Phi) is 3.17. The van der Waals surface area contributed by atoms with Gasteiger partial charge in [-0.15, -0.1) is 0 Å². The first kappa shape index (κ1) is 14.6. The molecule has 1 heterocycles. The van der Waals surface area contributed by atoms with Crippen molar-refractivity contribution in [2.45, 2.75) is 58.7 Å². The number of ether oxygens (including phenoxy) is 1. The molecule has 1 saturated carbocycles. The Balaban J connectivity index is 2.03. The Morgan fingerprint density at radius 2 is 2.05 bits per heavy atom. The monoisotopic (exact) mass is 288 g/mol. The van der Waals surface area contributed by atoms with Crippen molar-refractivity contribution in [2.75, 3.05) is 0 Å². The predicted molar refractivity (Wildman–Crippen MR) is 81.7 cm³/mol. The zero-order valence-corrected chi connectivity index (χ0v) is 13.3. The second kappa shape index (κ2) is 4.57. The molecule has 3 heteroatoms. The molecule has 1 spiro atoms. The van der Waals surface area contributed by atoms with E-state index >= 15 is 0 Å². The van der Waals surface area contributed by atoms with Gasteiger partial charge in [0.1, 0.15) is 11.4 Å².